The predicted molar refractivity (Wildman–Crippen MR) is 116 cm³/mol. The first-order valence-electron chi connectivity index (χ1n) is 10.3. The molecule has 2 aliphatic rings. The lowest BCUT2D eigenvalue weighted by Gasteiger charge is -2.39. The zero-order chi connectivity index (χ0) is 19.8. The molecular weight excluding hydrogens is 384 g/mol. The second-order valence-electron chi connectivity index (χ2n) is 7.84. The lowest BCUT2D eigenvalue weighted by Crippen LogP contribution is -2.51. The average Bonchev–Trinajstić information content (AvgIpc) is 2.72. The van der Waals surface area contributed by atoms with Crippen LogP contribution in [0.2, 0.25) is 5.02 Å². The molecule has 1 saturated carbocycles. The van der Waals surface area contributed by atoms with Crippen LogP contribution in [0.5, 0.6) is 0 Å². The molecule has 2 fully saturated rings. The number of hydrogen-bond donors (Lipinski definition) is 0. The van der Waals surface area contributed by atoms with Gasteiger partial charge in [-0.05, 0) is 49.2 Å². The first-order valence-corrected chi connectivity index (χ1v) is 10.6. The van der Waals surface area contributed by atoms with Gasteiger partial charge in [-0.15, -0.1) is 0 Å². The number of rotatable bonds is 3. The molecule has 29 heavy (non-hydrogen) atoms. The summed E-state index contributed by atoms with van der Waals surface area (Å²) in [5.74, 6) is 2.24. The monoisotopic (exact) mass is 406 g/mol. The number of nitrogens with zero attached hydrogens (tertiary/aromatic N) is 4. The van der Waals surface area contributed by atoms with Crippen LogP contribution in [0.15, 0.2) is 48.5 Å². The van der Waals surface area contributed by atoms with E-state index in [2.05, 4.69) is 11.0 Å². The van der Waals surface area contributed by atoms with Crippen molar-refractivity contribution < 1.29 is 4.79 Å². The quantitative estimate of drug-likeness (QED) is 0.646. The molecular formula is C23H23ClN4O. The van der Waals surface area contributed by atoms with E-state index >= 15 is 0 Å². The van der Waals surface area contributed by atoms with Crippen LogP contribution in [0.4, 0.5) is 5.82 Å². The van der Waals surface area contributed by atoms with Gasteiger partial charge in [-0.25, -0.2) is 9.97 Å². The van der Waals surface area contributed by atoms with E-state index in [1.165, 1.54) is 6.42 Å². The number of carbonyl (C=O) groups is 1. The Morgan fingerprint density at radius 1 is 0.931 bits per heavy atom. The van der Waals surface area contributed by atoms with Crippen LogP contribution in [-0.2, 0) is 4.79 Å². The molecule has 0 radical (unpaired) electrons. The molecule has 0 bridgehead atoms. The Morgan fingerprint density at radius 3 is 2.34 bits per heavy atom. The summed E-state index contributed by atoms with van der Waals surface area (Å²) in [4.78, 5) is 26.6. The van der Waals surface area contributed by atoms with Crippen LogP contribution < -0.4 is 4.90 Å². The molecule has 2 heterocycles. The van der Waals surface area contributed by atoms with Crippen molar-refractivity contribution in [3.05, 3.63) is 53.6 Å². The second-order valence-corrected chi connectivity index (χ2v) is 8.27. The fraction of sp³-hybridized carbons (Fsp3) is 0.348. The highest BCUT2D eigenvalue weighted by Crippen LogP contribution is 2.31. The molecule has 148 valence electrons. The molecule has 5 nitrogen and oxygen atoms in total. The van der Waals surface area contributed by atoms with Crippen LogP contribution in [0.3, 0.4) is 0 Å². The van der Waals surface area contributed by atoms with Crippen molar-refractivity contribution in [1.29, 1.82) is 0 Å². The molecule has 1 aliphatic carbocycles. The highest BCUT2D eigenvalue weighted by atomic mass is 35.5. The molecule has 1 saturated heterocycles. The summed E-state index contributed by atoms with van der Waals surface area (Å²) in [5, 5.41) is 1.74. The lowest BCUT2D eigenvalue weighted by molar-refractivity contribution is -0.138. The molecule has 2 aromatic carbocycles. The van der Waals surface area contributed by atoms with Crippen molar-refractivity contribution in [2.45, 2.75) is 19.3 Å². The second kappa shape index (κ2) is 7.64. The molecule has 0 atom stereocenters. The molecule has 6 heteroatoms. The Labute approximate surface area is 175 Å². The number of piperazine rings is 1. The topological polar surface area (TPSA) is 49.3 Å². The maximum atomic E-state index is 12.6. The number of carbonyl (C=O) groups excluding carboxylic acids is 1. The average molecular weight is 407 g/mol. The fourth-order valence-electron chi connectivity index (χ4n) is 4.08. The Bertz CT molecular complexity index is 1040. The summed E-state index contributed by atoms with van der Waals surface area (Å²) in [6.45, 7) is 3.09. The number of halogens is 1. The van der Waals surface area contributed by atoms with E-state index in [0.717, 1.165) is 61.3 Å². The van der Waals surface area contributed by atoms with Crippen molar-refractivity contribution in [3.8, 4) is 11.4 Å². The smallest absolute Gasteiger partial charge is 0.225 e. The highest BCUT2D eigenvalue weighted by Gasteiger charge is 2.31. The van der Waals surface area contributed by atoms with E-state index in [1.54, 1.807) is 0 Å². The maximum absolute atomic E-state index is 12.6. The van der Waals surface area contributed by atoms with Crippen LogP contribution in [0, 0.1) is 5.92 Å². The van der Waals surface area contributed by atoms with Gasteiger partial charge in [-0.2, -0.15) is 0 Å². The normalized spacial score (nSPS) is 17.4. The third kappa shape index (κ3) is 3.55. The zero-order valence-electron chi connectivity index (χ0n) is 16.2. The first kappa shape index (κ1) is 18.4. The van der Waals surface area contributed by atoms with E-state index in [-0.39, 0.29) is 5.92 Å². The minimum Gasteiger partial charge on any atom is -0.352 e. The summed E-state index contributed by atoms with van der Waals surface area (Å²) >= 11 is 6.04. The molecule has 1 aromatic heterocycles. The van der Waals surface area contributed by atoms with Gasteiger partial charge in [0.1, 0.15) is 5.82 Å². The van der Waals surface area contributed by atoms with Crippen molar-refractivity contribution in [1.82, 2.24) is 14.9 Å². The van der Waals surface area contributed by atoms with Crippen molar-refractivity contribution in [2.24, 2.45) is 5.92 Å². The molecule has 1 aliphatic heterocycles. The van der Waals surface area contributed by atoms with Gasteiger partial charge < -0.3 is 9.80 Å². The Balaban J connectivity index is 1.44. The first-order chi connectivity index (χ1) is 14.2. The minimum absolute atomic E-state index is 0.262. The van der Waals surface area contributed by atoms with E-state index in [1.807, 2.05) is 47.4 Å². The predicted octanol–water partition coefficient (Wildman–Crippen LogP) is 4.40. The number of hydrogen-bond acceptors (Lipinski definition) is 4. The summed E-state index contributed by atoms with van der Waals surface area (Å²) in [5.41, 5.74) is 1.87. The Hall–Kier alpha value is -2.66. The standard InChI is InChI=1S/C23H23ClN4O/c24-18-10-8-16(9-11-18)21-25-20-7-2-1-6-19(20)22(26-21)27-12-14-28(15-13-27)23(29)17-4-3-5-17/h1-2,6-11,17H,3-5,12-15H2. The lowest BCUT2D eigenvalue weighted by atomic mass is 9.84. The van der Waals surface area contributed by atoms with E-state index in [9.17, 15) is 4.79 Å². The van der Waals surface area contributed by atoms with Crippen molar-refractivity contribution in [3.63, 3.8) is 0 Å². The number of aromatic nitrogens is 2. The van der Waals surface area contributed by atoms with Gasteiger partial charge in [0.2, 0.25) is 5.91 Å². The van der Waals surface area contributed by atoms with E-state index in [0.29, 0.717) is 16.8 Å². The largest absolute Gasteiger partial charge is 0.352 e. The van der Waals surface area contributed by atoms with Gasteiger partial charge in [0.05, 0.1) is 5.52 Å². The summed E-state index contributed by atoms with van der Waals surface area (Å²) < 4.78 is 0. The number of benzene rings is 2. The highest BCUT2D eigenvalue weighted by molar-refractivity contribution is 6.30. The molecule has 0 spiro atoms. The van der Waals surface area contributed by atoms with Crippen LogP contribution in [-0.4, -0.2) is 47.0 Å². The Morgan fingerprint density at radius 2 is 1.66 bits per heavy atom. The molecule has 1 amide bonds. The fourth-order valence-corrected chi connectivity index (χ4v) is 4.21. The van der Waals surface area contributed by atoms with Gasteiger partial charge in [0, 0.05) is 48.1 Å². The molecule has 0 N–H and O–H groups in total. The van der Waals surface area contributed by atoms with Gasteiger partial charge in [0.25, 0.3) is 0 Å². The van der Waals surface area contributed by atoms with Gasteiger partial charge in [-0.1, -0.05) is 30.2 Å². The summed E-state index contributed by atoms with van der Waals surface area (Å²) in [7, 11) is 0. The zero-order valence-corrected chi connectivity index (χ0v) is 17.0. The van der Waals surface area contributed by atoms with Crippen LogP contribution >= 0.6 is 11.6 Å². The van der Waals surface area contributed by atoms with Gasteiger partial charge in [-0.3, -0.25) is 4.79 Å². The third-order valence-electron chi connectivity index (χ3n) is 6.03. The van der Waals surface area contributed by atoms with Crippen molar-refractivity contribution in [2.75, 3.05) is 31.1 Å². The number of anilines is 1. The molecule has 5 rings (SSSR count). The molecule has 0 unspecified atom stereocenters. The Kier molecular flexibility index (Phi) is 4.84. The van der Waals surface area contributed by atoms with Gasteiger partial charge >= 0.3 is 0 Å². The van der Waals surface area contributed by atoms with E-state index in [4.69, 9.17) is 21.6 Å². The summed E-state index contributed by atoms with van der Waals surface area (Å²) in [6.07, 6.45) is 3.30. The third-order valence-corrected chi connectivity index (χ3v) is 6.28. The van der Waals surface area contributed by atoms with Crippen molar-refractivity contribution >= 4 is 34.2 Å². The minimum atomic E-state index is 0.262. The van der Waals surface area contributed by atoms with Crippen LogP contribution in [0.1, 0.15) is 19.3 Å². The van der Waals surface area contributed by atoms with E-state index < -0.39 is 0 Å². The maximum Gasteiger partial charge on any atom is 0.225 e. The number of fused-ring (bicyclic) bond motifs is 1. The SMILES string of the molecule is O=C(C1CCC1)N1CCN(c2nc(-c3ccc(Cl)cc3)nc3ccccc23)CC1. The van der Waals surface area contributed by atoms with Crippen LogP contribution in [0.25, 0.3) is 22.3 Å². The summed E-state index contributed by atoms with van der Waals surface area (Å²) in [6, 6.07) is 15.7. The number of amides is 1. The molecule has 3 aromatic rings. The number of para-hydroxylation sites is 1. The van der Waals surface area contributed by atoms with Gasteiger partial charge in [0.15, 0.2) is 5.82 Å².